The van der Waals surface area contributed by atoms with E-state index in [0.29, 0.717) is 24.1 Å². The molecule has 3 aromatic rings. The lowest BCUT2D eigenvalue weighted by atomic mass is 10.1. The van der Waals surface area contributed by atoms with Crippen LogP contribution in [-0.2, 0) is 12.6 Å². The predicted octanol–water partition coefficient (Wildman–Crippen LogP) is 3.71. The summed E-state index contributed by atoms with van der Waals surface area (Å²) in [5, 5.41) is 16.0. The van der Waals surface area contributed by atoms with Gasteiger partial charge in [-0.2, -0.15) is 23.5 Å². The van der Waals surface area contributed by atoms with Crippen LogP contribution in [0, 0.1) is 17.1 Å². The zero-order valence-corrected chi connectivity index (χ0v) is 15.2. The average Bonchev–Trinajstić information content (AvgIpc) is 3.29. The maximum Gasteiger partial charge on any atom is 0.433 e. The molecule has 0 spiro atoms. The summed E-state index contributed by atoms with van der Waals surface area (Å²) in [6.07, 6.45) is -0.877. The van der Waals surface area contributed by atoms with Crippen molar-refractivity contribution in [3.63, 3.8) is 0 Å². The fraction of sp³-hybridized carbons (Fsp3) is 0.200. The summed E-state index contributed by atoms with van der Waals surface area (Å²) in [4.78, 5) is 15.8. The van der Waals surface area contributed by atoms with E-state index in [1.54, 1.807) is 12.3 Å². The number of carbonyl (C=O) groups is 1. The first-order chi connectivity index (χ1) is 14.2. The van der Waals surface area contributed by atoms with Crippen molar-refractivity contribution >= 4 is 5.91 Å². The molecule has 6 nitrogen and oxygen atoms in total. The Morgan fingerprint density at radius 2 is 2.07 bits per heavy atom. The molecule has 4 rings (SSSR count). The molecular weight excluding hydrogens is 402 g/mol. The van der Waals surface area contributed by atoms with Crippen LogP contribution in [0.1, 0.15) is 45.3 Å². The first-order valence-corrected chi connectivity index (χ1v) is 8.88. The van der Waals surface area contributed by atoms with Gasteiger partial charge in [0, 0.05) is 23.5 Å². The highest BCUT2D eigenvalue weighted by Gasteiger charge is 2.33. The van der Waals surface area contributed by atoms with Crippen molar-refractivity contribution in [2.24, 2.45) is 0 Å². The smallest absolute Gasteiger partial charge is 0.345 e. The van der Waals surface area contributed by atoms with Gasteiger partial charge < -0.3 is 5.32 Å². The van der Waals surface area contributed by atoms with Crippen LogP contribution in [0.5, 0.6) is 0 Å². The van der Waals surface area contributed by atoms with E-state index in [1.807, 2.05) is 0 Å². The third-order valence-corrected chi connectivity index (χ3v) is 4.76. The van der Waals surface area contributed by atoms with Gasteiger partial charge in [-0.1, -0.05) is 0 Å². The maximum atomic E-state index is 13.6. The van der Waals surface area contributed by atoms with Gasteiger partial charge in [-0.3, -0.25) is 9.78 Å². The Morgan fingerprint density at radius 3 is 2.80 bits per heavy atom. The molecule has 0 saturated carbocycles. The predicted molar refractivity (Wildman–Crippen MR) is 96.0 cm³/mol. The summed E-state index contributed by atoms with van der Waals surface area (Å²) in [6.45, 7) is 0. The topological polar surface area (TPSA) is 83.6 Å². The minimum atomic E-state index is -4.57. The van der Waals surface area contributed by atoms with Crippen LogP contribution in [0.4, 0.5) is 17.6 Å². The molecule has 1 N–H and O–H groups in total. The van der Waals surface area contributed by atoms with E-state index in [4.69, 9.17) is 5.26 Å². The van der Waals surface area contributed by atoms with E-state index in [-0.39, 0.29) is 16.8 Å². The number of pyridine rings is 1. The van der Waals surface area contributed by atoms with E-state index < -0.39 is 29.6 Å². The highest BCUT2D eigenvalue weighted by atomic mass is 19.4. The van der Waals surface area contributed by atoms with Crippen molar-refractivity contribution in [2.75, 3.05) is 0 Å². The van der Waals surface area contributed by atoms with Crippen molar-refractivity contribution < 1.29 is 22.4 Å². The quantitative estimate of drug-likeness (QED) is 0.661. The van der Waals surface area contributed by atoms with Crippen LogP contribution < -0.4 is 5.32 Å². The number of aryl methyl sites for hydroxylation is 1. The Balaban J connectivity index is 1.58. The Labute approximate surface area is 167 Å². The van der Waals surface area contributed by atoms with E-state index in [1.165, 1.54) is 16.8 Å². The Bertz CT molecular complexity index is 1180. The monoisotopic (exact) mass is 415 g/mol. The minimum absolute atomic E-state index is 0.0105. The van der Waals surface area contributed by atoms with Gasteiger partial charge in [0.15, 0.2) is 0 Å². The van der Waals surface area contributed by atoms with Gasteiger partial charge in [-0.25, -0.2) is 9.07 Å². The van der Waals surface area contributed by atoms with Crippen LogP contribution in [-0.4, -0.2) is 20.7 Å². The zero-order valence-electron chi connectivity index (χ0n) is 15.2. The molecule has 1 atom stereocenters. The van der Waals surface area contributed by atoms with Crippen LogP contribution in [0.25, 0.3) is 5.69 Å². The highest BCUT2D eigenvalue weighted by Crippen LogP contribution is 2.32. The summed E-state index contributed by atoms with van der Waals surface area (Å²) in [5.74, 6) is -1.25. The average molecular weight is 415 g/mol. The van der Waals surface area contributed by atoms with Crippen molar-refractivity contribution in [1.29, 1.82) is 5.26 Å². The molecule has 30 heavy (non-hydrogen) atoms. The molecular formula is C20H13F4N5O. The van der Waals surface area contributed by atoms with Crippen molar-refractivity contribution in [2.45, 2.75) is 25.1 Å². The minimum Gasteiger partial charge on any atom is -0.345 e. The van der Waals surface area contributed by atoms with Crippen LogP contribution in [0.3, 0.4) is 0 Å². The first-order valence-electron chi connectivity index (χ1n) is 8.88. The highest BCUT2D eigenvalue weighted by molar-refractivity contribution is 5.94. The lowest BCUT2D eigenvalue weighted by Gasteiger charge is -2.13. The number of amides is 1. The molecule has 0 fully saturated rings. The third-order valence-electron chi connectivity index (χ3n) is 4.76. The van der Waals surface area contributed by atoms with Gasteiger partial charge in [0.05, 0.1) is 29.1 Å². The molecule has 152 valence electrons. The standard InChI is InChI=1S/C20H13F4N5O/c21-13-6-11(9-25)5-12(7-13)19(30)27-16-1-2-17-15(16)10-29(28-17)14-3-4-26-18(8-14)20(22,23)24/h3-8,10,16H,1-2H2,(H,27,30)/t16-/m0/s1. The largest absolute Gasteiger partial charge is 0.433 e. The van der Waals surface area contributed by atoms with Crippen LogP contribution in [0.2, 0.25) is 0 Å². The molecule has 0 bridgehead atoms. The number of carbonyl (C=O) groups excluding carboxylic acids is 1. The van der Waals surface area contributed by atoms with Crippen LogP contribution in [0.15, 0.2) is 42.7 Å². The zero-order chi connectivity index (χ0) is 21.5. The maximum absolute atomic E-state index is 13.6. The van der Waals surface area contributed by atoms with E-state index in [9.17, 15) is 22.4 Å². The molecule has 1 aromatic carbocycles. The number of benzene rings is 1. The molecule has 0 unspecified atom stereocenters. The second kappa shape index (κ2) is 7.26. The number of fused-ring (bicyclic) bond motifs is 1. The van der Waals surface area contributed by atoms with Gasteiger partial charge >= 0.3 is 6.18 Å². The normalized spacial score (nSPS) is 15.5. The first kappa shape index (κ1) is 19.6. The van der Waals surface area contributed by atoms with Gasteiger partial charge in [0.2, 0.25) is 0 Å². The van der Waals surface area contributed by atoms with E-state index in [2.05, 4.69) is 15.4 Å². The van der Waals surface area contributed by atoms with Crippen molar-refractivity contribution in [3.8, 4) is 11.8 Å². The summed E-state index contributed by atoms with van der Waals surface area (Å²) in [6, 6.07) is 7.00. The lowest BCUT2D eigenvalue weighted by molar-refractivity contribution is -0.141. The molecule has 1 amide bonds. The number of alkyl halides is 3. The molecule has 0 aliphatic heterocycles. The second-order valence-corrected chi connectivity index (χ2v) is 6.78. The van der Waals surface area contributed by atoms with Gasteiger partial charge in [-0.05, 0) is 43.2 Å². The summed E-state index contributed by atoms with van der Waals surface area (Å²) >= 11 is 0. The number of halogens is 4. The lowest BCUT2D eigenvalue weighted by Crippen LogP contribution is -2.27. The number of nitriles is 1. The molecule has 2 heterocycles. The number of hydrogen-bond donors (Lipinski definition) is 1. The Morgan fingerprint density at radius 1 is 1.27 bits per heavy atom. The van der Waals surface area contributed by atoms with Crippen molar-refractivity contribution in [1.82, 2.24) is 20.1 Å². The molecule has 10 heteroatoms. The van der Waals surface area contributed by atoms with Gasteiger partial charge in [0.25, 0.3) is 5.91 Å². The number of aromatic nitrogens is 3. The molecule has 0 radical (unpaired) electrons. The molecule has 2 aromatic heterocycles. The summed E-state index contributed by atoms with van der Waals surface area (Å²) in [5.41, 5.74) is 0.531. The summed E-state index contributed by atoms with van der Waals surface area (Å²) in [7, 11) is 0. The Hall–Kier alpha value is -3.74. The Kier molecular flexibility index (Phi) is 4.73. The molecule has 0 saturated heterocycles. The van der Waals surface area contributed by atoms with E-state index in [0.717, 1.165) is 24.4 Å². The second-order valence-electron chi connectivity index (χ2n) is 6.78. The fourth-order valence-electron chi connectivity index (χ4n) is 3.37. The number of hydrogen-bond acceptors (Lipinski definition) is 4. The summed E-state index contributed by atoms with van der Waals surface area (Å²) < 4.78 is 53.6. The fourth-order valence-corrected chi connectivity index (χ4v) is 3.37. The molecule has 1 aliphatic carbocycles. The SMILES string of the molecule is N#Cc1cc(F)cc(C(=O)N[C@H]2CCc3nn(-c4ccnc(C(F)(F)F)c4)cc32)c1. The van der Waals surface area contributed by atoms with Crippen molar-refractivity contribution in [3.05, 3.63) is 76.6 Å². The van der Waals surface area contributed by atoms with Crippen LogP contribution >= 0.6 is 0 Å². The number of rotatable bonds is 3. The third kappa shape index (κ3) is 3.74. The number of nitrogens with zero attached hydrogens (tertiary/aromatic N) is 4. The van der Waals surface area contributed by atoms with E-state index >= 15 is 0 Å². The molecule has 1 aliphatic rings. The number of nitrogens with one attached hydrogen (secondary N) is 1. The van der Waals surface area contributed by atoms with Gasteiger partial charge in [-0.15, -0.1) is 0 Å². The van der Waals surface area contributed by atoms with Gasteiger partial charge in [0.1, 0.15) is 11.5 Å².